The van der Waals surface area contributed by atoms with E-state index in [9.17, 15) is 29.4 Å². The normalized spacial score (nSPS) is 14.5. The lowest BCUT2D eigenvalue weighted by Gasteiger charge is -2.28. The number of nitrogens with two attached hydrogens (primary N) is 1. The molecule has 12 nitrogen and oxygen atoms in total. The molecule has 0 saturated heterocycles. The number of carboxylic acids is 1. The van der Waals surface area contributed by atoms with Crippen molar-refractivity contribution in [2.75, 3.05) is 0 Å². The Balaban J connectivity index is 1.76. The lowest BCUT2D eigenvalue weighted by Crippen LogP contribution is -2.59. The van der Waals surface area contributed by atoms with Gasteiger partial charge in [-0.1, -0.05) is 62.7 Å². The van der Waals surface area contributed by atoms with Crippen molar-refractivity contribution in [3.05, 3.63) is 83.9 Å². The largest absolute Gasteiger partial charge is 0.508 e. The van der Waals surface area contributed by atoms with E-state index < -0.39 is 47.9 Å². The molecule has 0 aliphatic carbocycles. The second-order valence-corrected chi connectivity index (χ2v) is 10.3. The fraction of sp³-hybridized carbons (Fsp3) is 0.367. The maximum Gasteiger partial charge on any atom is 0.326 e. The molecule has 5 atom stereocenters. The van der Waals surface area contributed by atoms with Gasteiger partial charge in [0.1, 0.15) is 23.9 Å². The van der Waals surface area contributed by atoms with E-state index in [4.69, 9.17) is 5.73 Å². The van der Waals surface area contributed by atoms with Crippen molar-refractivity contribution in [1.29, 1.82) is 0 Å². The Kier molecular flexibility index (Phi) is 11.6. The molecular weight excluding hydrogens is 540 g/mol. The first-order chi connectivity index (χ1) is 20.1. The number of nitrogens with zero attached hydrogens (tertiary/aromatic N) is 1. The highest BCUT2D eigenvalue weighted by Crippen LogP contribution is 2.13. The summed E-state index contributed by atoms with van der Waals surface area (Å²) in [6, 6.07) is 10.9. The Morgan fingerprint density at radius 1 is 0.857 bits per heavy atom. The first-order valence-electron chi connectivity index (χ1n) is 13.8. The van der Waals surface area contributed by atoms with E-state index in [0.717, 1.165) is 11.1 Å². The third-order valence-electron chi connectivity index (χ3n) is 7.03. The van der Waals surface area contributed by atoms with E-state index in [1.807, 2.05) is 13.0 Å². The monoisotopic (exact) mass is 578 g/mol. The van der Waals surface area contributed by atoms with Crippen molar-refractivity contribution >= 4 is 23.7 Å². The van der Waals surface area contributed by atoms with Crippen molar-refractivity contribution in [3.8, 4) is 5.75 Å². The van der Waals surface area contributed by atoms with Crippen LogP contribution in [-0.2, 0) is 38.4 Å². The van der Waals surface area contributed by atoms with Gasteiger partial charge in [0.05, 0.1) is 12.4 Å². The molecule has 3 aromatic rings. The number of phenolic OH excluding ortho intramolecular Hbond substituents is 1. The van der Waals surface area contributed by atoms with Crippen molar-refractivity contribution in [2.24, 2.45) is 11.7 Å². The summed E-state index contributed by atoms with van der Waals surface area (Å²) in [4.78, 5) is 58.6. The molecule has 2 aromatic carbocycles. The van der Waals surface area contributed by atoms with E-state index in [0.29, 0.717) is 12.1 Å². The molecule has 0 radical (unpaired) electrons. The van der Waals surface area contributed by atoms with E-state index in [2.05, 4.69) is 25.9 Å². The van der Waals surface area contributed by atoms with Crippen LogP contribution in [0.4, 0.5) is 0 Å². The number of H-pyrrole nitrogens is 1. The SMILES string of the molecule is CCC(C)C(NC(=O)C(N)Cc1ccc(O)cc1)C(=O)NC(Cc1ccccc1)C(=O)NC(Cc1cnc[nH]1)C(=O)O. The Morgan fingerprint density at radius 2 is 1.50 bits per heavy atom. The molecule has 0 saturated carbocycles. The number of rotatable bonds is 15. The smallest absolute Gasteiger partial charge is 0.326 e. The lowest BCUT2D eigenvalue weighted by molar-refractivity contribution is -0.142. The van der Waals surface area contributed by atoms with Crippen molar-refractivity contribution < 1.29 is 29.4 Å². The molecule has 3 rings (SSSR count). The van der Waals surface area contributed by atoms with Gasteiger partial charge in [0, 0.05) is 24.7 Å². The number of imidazole rings is 1. The number of aromatic nitrogens is 2. The molecule has 0 aliphatic heterocycles. The van der Waals surface area contributed by atoms with E-state index >= 15 is 0 Å². The molecule has 5 unspecified atom stereocenters. The maximum absolute atomic E-state index is 13.6. The van der Waals surface area contributed by atoms with Crippen LogP contribution in [0.25, 0.3) is 0 Å². The van der Waals surface area contributed by atoms with Gasteiger partial charge in [0.25, 0.3) is 0 Å². The second kappa shape index (κ2) is 15.3. The topological polar surface area (TPSA) is 200 Å². The van der Waals surface area contributed by atoms with E-state index in [-0.39, 0.29) is 30.9 Å². The number of hydrogen-bond donors (Lipinski definition) is 7. The molecule has 8 N–H and O–H groups in total. The first kappa shape index (κ1) is 31.8. The fourth-order valence-electron chi connectivity index (χ4n) is 4.35. The number of amides is 3. The van der Waals surface area contributed by atoms with Crippen LogP contribution in [0.3, 0.4) is 0 Å². The number of carbonyl (C=O) groups excluding carboxylic acids is 3. The average Bonchev–Trinajstić information content (AvgIpc) is 3.49. The molecule has 1 aromatic heterocycles. The molecule has 0 bridgehead atoms. The zero-order chi connectivity index (χ0) is 30.6. The highest BCUT2D eigenvalue weighted by atomic mass is 16.4. The molecule has 1 heterocycles. The summed E-state index contributed by atoms with van der Waals surface area (Å²) in [5, 5.41) is 27.2. The summed E-state index contributed by atoms with van der Waals surface area (Å²) in [6.45, 7) is 3.67. The van der Waals surface area contributed by atoms with E-state index in [1.165, 1.54) is 24.7 Å². The average molecular weight is 579 g/mol. The number of benzene rings is 2. The Hall–Kier alpha value is -4.71. The first-order valence-corrected chi connectivity index (χ1v) is 13.8. The zero-order valence-electron chi connectivity index (χ0n) is 23.6. The standard InChI is InChI=1S/C30H38N6O6/c1-3-18(2)26(36-27(38)23(31)13-20-9-11-22(37)12-10-20)29(40)34-24(14-19-7-5-4-6-8-19)28(39)35-25(30(41)42)15-21-16-32-17-33-21/h4-12,16-18,23-26,37H,3,13-15,31H2,1-2H3,(H,32,33)(H,34,40)(H,35,39)(H,36,38)(H,41,42). The second-order valence-electron chi connectivity index (χ2n) is 10.3. The Labute approximate surface area is 244 Å². The van der Waals surface area contributed by atoms with Crippen molar-refractivity contribution in [3.63, 3.8) is 0 Å². The lowest BCUT2D eigenvalue weighted by atomic mass is 9.96. The van der Waals surface area contributed by atoms with Gasteiger partial charge in [-0.2, -0.15) is 0 Å². The van der Waals surface area contributed by atoms with Gasteiger partial charge in [-0.3, -0.25) is 14.4 Å². The van der Waals surface area contributed by atoms with Gasteiger partial charge < -0.3 is 36.9 Å². The highest BCUT2D eigenvalue weighted by molar-refractivity contribution is 5.94. The number of carbonyl (C=O) groups is 4. The van der Waals surface area contributed by atoms with Crippen LogP contribution in [0.15, 0.2) is 67.1 Å². The Bertz CT molecular complexity index is 1320. The summed E-state index contributed by atoms with van der Waals surface area (Å²) in [6.07, 6.45) is 3.68. The van der Waals surface area contributed by atoms with Gasteiger partial charge in [0.15, 0.2) is 0 Å². The molecule has 42 heavy (non-hydrogen) atoms. The minimum atomic E-state index is -1.27. The number of carboxylic acid groups (broad SMARTS) is 1. The zero-order valence-corrected chi connectivity index (χ0v) is 23.6. The molecule has 0 fully saturated rings. The summed E-state index contributed by atoms with van der Waals surface area (Å²) in [5.74, 6) is -3.27. The van der Waals surface area contributed by atoms with Gasteiger partial charge >= 0.3 is 5.97 Å². The van der Waals surface area contributed by atoms with Crippen LogP contribution in [0.1, 0.15) is 37.1 Å². The van der Waals surface area contributed by atoms with Crippen molar-refractivity contribution in [1.82, 2.24) is 25.9 Å². The number of phenols is 1. The van der Waals surface area contributed by atoms with Gasteiger partial charge in [0.2, 0.25) is 17.7 Å². The maximum atomic E-state index is 13.6. The third kappa shape index (κ3) is 9.44. The molecule has 12 heteroatoms. The van der Waals surface area contributed by atoms with E-state index in [1.54, 1.807) is 43.3 Å². The quantitative estimate of drug-likeness (QED) is 0.139. The number of aromatic amines is 1. The summed E-state index contributed by atoms with van der Waals surface area (Å²) < 4.78 is 0. The number of nitrogens with one attached hydrogen (secondary N) is 4. The van der Waals surface area contributed by atoms with Crippen LogP contribution in [0.2, 0.25) is 0 Å². The summed E-state index contributed by atoms with van der Waals surface area (Å²) in [5.41, 5.74) is 8.14. The summed E-state index contributed by atoms with van der Waals surface area (Å²) >= 11 is 0. The predicted octanol–water partition coefficient (Wildman–Crippen LogP) is 1.06. The predicted molar refractivity (Wildman–Crippen MR) is 155 cm³/mol. The molecular formula is C30H38N6O6. The van der Waals surface area contributed by atoms with Crippen molar-refractivity contribution in [2.45, 2.75) is 63.7 Å². The van der Waals surface area contributed by atoms with Gasteiger partial charge in [-0.05, 0) is 35.6 Å². The fourth-order valence-corrected chi connectivity index (χ4v) is 4.35. The van der Waals surface area contributed by atoms with Gasteiger partial charge in [-0.15, -0.1) is 0 Å². The molecule has 0 spiro atoms. The van der Waals surface area contributed by atoms with Crippen LogP contribution in [0.5, 0.6) is 5.75 Å². The summed E-state index contributed by atoms with van der Waals surface area (Å²) in [7, 11) is 0. The minimum absolute atomic E-state index is 0.0302. The number of hydrogen-bond acceptors (Lipinski definition) is 7. The minimum Gasteiger partial charge on any atom is -0.508 e. The molecule has 224 valence electrons. The third-order valence-corrected chi connectivity index (χ3v) is 7.03. The Morgan fingerprint density at radius 3 is 2.10 bits per heavy atom. The van der Waals surface area contributed by atoms with Gasteiger partial charge in [-0.25, -0.2) is 9.78 Å². The van der Waals surface area contributed by atoms with Crippen LogP contribution in [0, 0.1) is 5.92 Å². The number of aliphatic carboxylic acids is 1. The molecule has 0 aliphatic rings. The van der Waals surface area contributed by atoms with Crippen LogP contribution in [-0.4, -0.2) is 68.0 Å². The molecule has 3 amide bonds. The highest BCUT2D eigenvalue weighted by Gasteiger charge is 2.32. The van der Waals surface area contributed by atoms with Crippen LogP contribution >= 0.6 is 0 Å². The van der Waals surface area contributed by atoms with Crippen LogP contribution < -0.4 is 21.7 Å². The number of aromatic hydroxyl groups is 1.